The van der Waals surface area contributed by atoms with Crippen LogP contribution < -0.4 is 0 Å². The van der Waals surface area contributed by atoms with Crippen LogP contribution in [0.25, 0.3) is 0 Å². The molecule has 0 saturated heterocycles. The lowest BCUT2D eigenvalue weighted by Crippen LogP contribution is -2.19. The molecule has 0 unspecified atom stereocenters. The molecule has 2 nitrogen and oxygen atoms in total. The third kappa shape index (κ3) is 3.18. The zero-order chi connectivity index (χ0) is 10.6. The largest absolute Gasteiger partial charge is 0.260 e. The van der Waals surface area contributed by atoms with E-state index in [1.807, 2.05) is 18.3 Å². The predicted octanol–water partition coefficient (Wildman–Crippen LogP) is 2.84. The molecule has 14 heavy (non-hydrogen) atoms. The molecular formula is C9H7ClN2S2. The molecule has 0 aliphatic rings. The van der Waals surface area contributed by atoms with E-state index in [0.717, 1.165) is 5.56 Å². The number of nitrogens with zero attached hydrogens (tertiary/aromatic N) is 2. The average Bonchev–Trinajstić information content (AvgIpc) is 2.16. The van der Waals surface area contributed by atoms with Crippen LogP contribution in [-0.2, 0) is 6.54 Å². The van der Waals surface area contributed by atoms with Crippen molar-refractivity contribution >= 4 is 40.8 Å². The zero-order valence-corrected chi connectivity index (χ0v) is 9.61. The second-order valence-corrected chi connectivity index (χ2v) is 4.14. The molecule has 0 N–H and O–H groups in total. The Hall–Kier alpha value is -0.760. The summed E-state index contributed by atoms with van der Waals surface area (Å²) in [5, 5.41) is 9.40. The lowest BCUT2D eigenvalue weighted by Gasteiger charge is -2.12. The van der Waals surface area contributed by atoms with Crippen LogP contribution in [0.2, 0.25) is 5.02 Å². The van der Waals surface area contributed by atoms with E-state index in [2.05, 4.69) is 12.6 Å². The van der Waals surface area contributed by atoms with Crippen molar-refractivity contribution in [3.8, 4) is 6.19 Å². The Morgan fingerprint density at radius 2 is 2.07 bits per heavy atom. The van der Waals surface area contributed by atoms with Gasteiger partial charge in [-0.3, -0.25) is 4.90 Å². The summed E-state index contributed by atoms with van der Waals surface area (Å²) in [6.07, 6.45) is 1.95. The molecule has 0 aliphatic carbocycles. The van der Waals surface area contributed by atoms with Crippen molar-refractivity contribution in [1.29, 1.82) is 5.26 Å². The van der Waals surface area contributed by atoms with E-state index < -0.39 is 0 Å². The highest BCUT2D eigenvalue weighted by Gasteiger charge is 2.05. The van der Waals surface area contributed by atoms with Crippen molar-refractivity contribution in [2.45, 2.75) is 6.54 Å². The molecule has 1 rings (SSSR count). The zero-order valence-electron chi connectivity index (χ0n) is 7.14. The second-order valence-electron chi connectivity index (χ2n) is 2.60. The number of rotatable bonds is 2. The van der Waals surface area contributed by atoms with Crippen molar-refractivity contribution in [2.24, 2.45) is 0 Å². The van der Waals surface area contributed by atoms with Crippen LogP contribution in [0.4, 0.5) is 0 Å². The normalized spacial score (nSPS) is 9.21. The van der Waals surface area contributed by atoms with Gasteiger partial charge in [-0.05, 0) is 17.7 Å². The maximum atomic E-state index is 8.73. The maximum absolute atomic E-state index is 8.73. The van der Waals surface area contributed by atoms with Crippen LogP contribution in [0.15, 0.2) is 24.3 Å². The third-order valence-electron chi connectivity index (χ3n) is 1.61. The minimum Gasteiger partial charge on any atom is -0.260 e. The number of halogens is 1. The summed E-state index contributed by atoms with van der Waals surface area (Å²) in [5.41, 5.74) is 0.965. The summed E-state index contributed by atoms with van der Waals surface area (Å²) < 4.78 is 0.266. The minimum absolute atomic E-state index is 0.266. The highest BCUT2D eigenvalue weighted by Crippen LogP contribution is 2.11. The van der Waals surface area contributed by atoms with E-state index in [0.29, 0.717) is 11.6 Å². The molecule has 0 radical (unpaired) electrons. The fraction of sp³-hybridized carbons (Fsp3) is 0.111. The van der Waals surface area contributed by atoms with Crippen LogP contribution in [0.3, 0.4) is 0 Å². The Kier molecular flexibility index (Phi) is 4.21. The van der Waals surface area contributed by atoms with Crippen molar-refractivity contribution in [1.82, 2.24) is 4.90 Å². The fourth-order valence-corrected chi connectivity index (χ4v) is 1.26. The number of hydrogen-bond acceptors (Lipinski definition) is 2. The van der Waals surface area contributed by atoms with Crippen molar-refractivity contribution in [3.05, 3.63) is 34.9 Å². The molecule has 0 spiro atoms. The first-order valence-electron chi connectivity index (χ1n) is 3.78. The predicted molar refractivity (Wildman–Crippen MR) is 64.2 cm³/mol. The van der Waals surface area contributed by atoms with Gasteiger partial charge in [0.2, 0.25) is 0 Å². The van der Waals surface area contributed by atoms with Gasteiger partial charge >= 0.3 is 0 Å². The van der Waals surface area contributed by atoms with E-state index in [1.165, 1.54) is 4.90 Å². The molecule has 1 aromatic carbocycles. The average molecular weight is 243 g/mol. The Bertz CT molecular complexity index is 369. The third-order valence-corrected chi connectivity index (χ3v) is 2.32. The van der Waals surface area contributed by atoms with E-state index in [1.54, 1.807) is 12.1 Å². The monoisotopic (exact) mass is 242 g/mol. The van der Waals surface area contributed by atoms with E-state index in [-0.39, 0.29) is 4.32 Å². The van der Waals surface area contributed by atoms with Gasteiger partial charge in [-0.1, -0.05) is 36.0 Å². The molecule has 0 aliphatic heterocycles. The first-order valence-corrected chi connectivity index (χ1v) is 5.01. The lowest BCUT2D eigenvalue weighted by molar-refractivity contribution is 0.592. The first-order chi connectivity index (χ1) is 6.63. The summed E-state index contributed by atoms with van der Waals surface area (Å²) in [7, 11) is 0. The summed E-state index contributed by atoms with van der Waals surface area (Å²) in [4.78, 5) is 1.32. The van der Waals surface area contributed by atoms with Crippen molar-refractivity contribution < 1.29 is 0 Å². The molecule has 1 aromatic rings. The number of thiol groups is 1. The van der Waals surface area contributed by atoms with E-state index in [4.69, 9.17) is 29.1 Å². The number of thiocarbonyl (C=S) groups is 1. The van der Waals surface area contributed by atoms with Gasteiger partial charge in [-0.2, -0.15) is 5.26 Å². The second kappa shape index (κ2) is 5.20. The molecule has 0 aromatic heterocycles. The molecular weight excluding hydrogens is 236 g/mol. The quantitative estimate of drug-likeness (QED) is 0.374. The highest BCUT2D eigenvalue weighted by atomic mass is 35.5. The van der Waals surface area contributed by atoms with Crippen LogP contribution >= 0.6 is 36.4 Å². The number of hydrogen-bond donors (Lipinski definition) is 1. The highest BCUT2D eigenvalue weighted by molar-refractivity contribution is 8.10. The van der Waals surface area contributed by atoms with Gasteiger partial charge in [-0.15, -0.1) is 12.6 Å². The first kappa shape index (κ1) is 11.3. The van der Waals surface area contributed by atoms with Crippen molar-refractivity contribution in [3.63, 3.8) is 0 Å². The molecule has 0 amide bonds. The van der Waals surface area contributed by atoms with Crippen LogP contribution in [0, 0.1) is 11.5 Å². The fourth-order valence-electron chi connectivity index (χ4n) is 0.918. The van der Waals surface area contributed by atoms with Crippen LogP contribution in [0.5, 0.6) is 0 Å². The topological polar surface area (TPSA) is 27.0 Å². The van der Waals surface area contributed by atoms with Gasteiger partial charge in [0, 0.05) is 5.02 Å². The molecule has 0 fully saturated rings. The van der Waals surface area contributed by atoms with Gasteiger partial charge in [0.25, 0.3) is 0 Å². The molecule has 5 heteroatoms. The SMILES string of the molecule is N#CN(Cc1ccc(Cl)cc1)C(=S)S. The number of benzene rings is 1. The van der Waals surface area contributed by atoms with Gasteiger partial charge in [0.1, 0.15) is 4.32 Å². The lowest BCUT2D eigenvalue weighted by atomic mass is 10.2. The molecule has 0 saturated carbocycles. The Morgan fingerprint density at radius 3 is 2.50 bits per heavy atom. The van der Waals surface area contributed by atoms with E-state index >= 15 is 0 Å². The summed E-state index contributed by atoms with van der Waals surface area (Å²) in [6.45, 7) is 0.427. The summed E-state index contributed by atoms with van der Waals surface area (Å²) in [6, 6.07) is 7.24. The van der Waals surface area contributed by atoms with Gasteiger partial charge in [-0.25, -0.2) is 0 Å². The summed E-state index contributed by atoms with van der Waals surface area (Å²) >= 11 is 14.4. The Morgan fingerprint density at radius 1 is 1.50 bits per heavy atom. The standard InChI is InChI=1S/C9H7ClN2S2/c10-8-3-1-7(2-4-8)5-12(6-11)9(13)14/h1-4H,5H2,(H,13,14). The Labute approximate surface area is 98.5 Å². The minimum atomic E-state index is 0.266. The molecule has 0 bridgehead atoms. The van der Waals surface area contributed by atoms with Crippen LogP contribution in [0.1, 0.15) is 5.56 Å². The maximum Gasteiger partial charge on any atom is 0.185 e. The van der Waals surface area contributed by atoms with Gasteiger partial charge in [0.05, 0.1) is 6.54 Å². The molecule has 0 atom stereocenters. The van der Waals surface area contributed by atoms with Crippen molar-refractivity contribution in [2.75, 3.05) is 0 Å². The molecule has 72 valence electrons. The van der Waals surface area contributed by atoms with E-state index in [9.17, 15) is 0 Å². The number of nitriles is 1. The van der Waals surface area contributed by atoms with Crippen LogP contribution in [-0.4, -0.2) is 9.22 Å². The Balaban J connectivity index is 2.74. The molecule has 0 heterocycles. The van der Waals surface area contributed by atoms with Gasteiger partial charge < -0.3 is 0 Å². The smallest absolute Gasteiger partial charge is 0.185 e. The van der Waals surface area contributed by atoms with Gasteiger partial charge in [0.15, 0.2) is 6.19 Å². The summed E-state index contributed by atoms with van der Waals surface area (Å²) in [5.74, 6) is 0.